The van der Waals surface area contributed by atoms with Crippen LogP contribution >= 0.6 is 22.9 Å². The molecule has 2 heterocycles. The number of halogens is 1. The molecule has 1 fully saturated rings. The minimum Gasteiger partial charge on any atom is -0.319 e. The zero-order valence-corrected chi connectivity index (χ0v) is 19.1. The molecule has 1 aliphatic heterocycles. The van der Waals surface area contributed by atoms with Gasteiger partial charge in [0.25, 0.3) is 5.91 Å². The van der Waals surface area contributed by atoms with Crippen molar-refractivity contribution in [3.8, 4) is 0 Å². The molecule has 1 aromatic heterocycles. The summed E-state index contributed by atoms with van der Waals surface area (Å²) in [5.41, 5.74) is 1.50. The number of imide groups is 1. The Morgan fingerprint density at radius 1 is 1.22 bits per heavy atom. The Kier molecular flexibility index (Phi) is 5.99. The van der Waals surface area contributed by atoms with Crippen molar-refractivity contribution in [2.45, 2.75) is 25.8 Å². The molecule has 0 bridgehead atoms. The average Bonchev–Trinajstić information content (AvgIpc) is 3.29. The van der Waals surface area contributed by atoms with Gasteiger partial charge in [0.15, 0.2) is 5.13 Å². The summed E-state index contributed by atoms with van der Waals surface area (Å²) in [6.07, 6.45) is 2.32. The van der Waals surface area contributed by atoms with E-state index in [1.54, 1.807) is 37.4 Å². The van der Waals surface area contributed by atoms with Crippen molar-refractivity contribution in [1.29, 1.82) is 0 Å². The van der Waals surface area contributed by atoms with Crippen molar-refractivity contribution in [1.82, 2.24) is 15.2 Å². The highest BCUT2D eigenvalue weighted by atomic mass is 35.5. The van der Waals surface area contributed by atoms with Crippen LogP contribution in [0, 0.1) is 6.92 Å². The van der Waals surface area contributed by atoms with Crippen LogP contribution in [-0.4, -0.2) is 34.3 Å². The van der Waals surface area contributed by atoms with E-state index >= 15 is 0 Å². The van der Waals surface area contributed by atoms with Crippen LogP contribution in [0.1, 0.15) is 28.5 Å². The molecule has 1 saturated heterocycles. The lowest BCUT2D eigenvalue weighted by Gasteiger charge is -2.21. The highest BCUT2D eigenvalue weighted by Crippen LogP contribution is 2.29. The van der Waals surface area contributed by atoms with Crippen molar-refractivity contribution in [3.05, 3.63) is 81.3 Å². The van der Waals surface area contributed by atoms with Gasteiger partial charge in [-0.05, 0) is 36.6 Å². The van der Waals surface area contributed by atoms with Gasteiger partial charge in [-0.1, -0.05) is 54.1 Å². The molecule has 0 radical (unpaired) electrons. The molecular formula is C23H21ClN4O3S. The van der Waals surface area contributed by atoms with E-state index in [-0.39, 0.29) is 0 Å². The van der Waals surface area contributed by atoms with Crippen LogP contribution in [0.4, 0.5) is 9.93 Å². The molecule has 0 saturated carbocycles. The van der Waals surface area contributed by atoms with E-state index in [1.807, 2.05) is 31.2 Å². The standard InChI is InChI=1S/C23H21ClN4O3S/c1-14-8-9-15(11-18(14)24)10-17-12-25-21(32-17)26-19(29)13-28-20(30)23(2,27-22(28)31)16-6-4-3-5-7-16/h3-9,11-12H,10,13H2,1-2H3,(H,27,31)(H,25,26,29). The minimum absolute atomic E-state index is 0.393. The summed E-state index contributed by atoms with van der Waals surface area (Å²) >= 11 is 7.52. The molecule has 2 aromatic carbocycles. The Balaban J connectivity index is 1.39. The van der Waals surface area contributed by atoms with E-state index in [2.05, 4.69) is 15.6 Å². The van der Waals surface area contributed by atoms with Crippen LogP contribution in [0.15, 0.2) is 54.7 Å². The number of amides is 4. The Morgan fingerprint density at radius 3 is 2.69 bits per heavy atom. The van der Waals surface area contributed by atoms with Crippen LogP contribution in [0.3, 0.4) is 0 Å². The first-order chi connectivity index (χ1) is 15.3. The predicted molar refractivity (Wildman–Crippen MR) is 124 cm³/mol. The Hall–Kier alpha value is -3.23. The largest absolute Gasteiger partial charge is 0.325 e. The maximum atomic E-state index is 12.9. The van der Waals surface area contributed by atoms with E-state index in [9.17, 15) is 14.4 Å². The van der Waals surface area contributed by atoms with Gasteiger partial charge >= 0.3 is 6.03 Å². The zero-order valence-electron chi connectivity index (χ0n) is 17.5. The second-order valence-corrected chi connectivity index (χ2v) is 9.28. The van der Waals surface area contributed by atoms with E-state index in [0.29, 0.717) is 22.1 Å². The number of aromatic nitrogens is 1. The van der Waals surface area contributed by atoms with Gasteiger partial charge in [-0.3, -0.25) is 14.5 Å². The Labute approximate surface area is 194 Å². The van der Waals surface area contributed by atoms with Crippen LogP contribution in [0.25, 0.3) is 0 Å². The SMILES string of the molecule is Cc1ccc(Cc2cnc(NC(=O)CN3C(=O)NC(C)(c4ccccc4)C3=O)s2)cc1Cl. The molecule has 3 aromatic rings. The van der Waals surface area contributed by atoms with E-state index in [0.717, 1.165) is 20.9 Å². The molecule has 0 aliphatic carbocycles. The van der Waals surface area contributed by atoms with Gasteiger partial charge in [-0.2, -0.15) is 0 Å². The smallest absolute Gasteiger partial charge is 0.319 e. The summed E-state index contributed by atoms with van der Waals surface area (Å²) < 4.78 is 0. The predicted octanol–water partition coefficient (Wildman–Crippen LogP) is 4.10. The first kappa shape index (κ1) is 22.0. The van der Waals surface area contributed by atoms with E-state index < -0.39 is 29.9 Å². The summed E-state index contributed by atoms with van der Waals surface area (Å²) in [5, 5.41) is 6.47. The van der Waals surface area contributed by atoms with Crippen molar-refractivity contribution in [2.75, 3.05) is 11.9 Å². The van der Waals surface area contributed by atoms with Crippen LogP contribution in [-0.2, 0) is 21.5 Å². The molecule has 4 amide bonds. The molecule has 2 N–H and O–H groups in total. The number of rotatable bonds is 6. The molecule has 4 rings (SSSR count). The molecule has 32 heavy (non-hydrogen) atoms. The quantitative estimate of drug-likeness (QED) is 0.533. The van der Waals surface area contributed by atoms with E-state index in [1.165, 1.54) is 11.3 Å². The summed E-state index contributed by atoms with van der Waals surface area (Å²) in [5.74, 6) is -0.968. The number of hydrogen-bond acceptors (Lipinski definition) is 5. The monoisotopic (exact) mass is 468 g/mol. The topological polar surface area (TPSA) is 91.4 Å². The third kappa shape index (κ3) is 4.37. The average molecular weight is 469 g/mol. The number of hydrogen-bond donors (Lipinski definition) is 2. The van der Waals surface area contributed by atoms with Gasteiger partial charge in [-0.15, -0.1) is 11.3 Å². The molecule has 9 heteroatoms. The number of nitrogens with one attached hydrogen (secondary N) is 2. The lowest BCUT2D eigenvalue weighted by molar-refractivity contribution is -0.133. The molecule has 164 valence electrons. The van der Waals surface area contributed by atoms with Gasteiger partial charge in [0.2, 0.25) is 5.91 Å². The van der Waals surface area contributed by atoms with Crippen molar-refractivity contribution in [3.63, 3.8) is 0 Å². The van der Waals surface area contributed by atoms with Gasteiger partial charge in [0.05, 0.1) is 0 Å². The number of aryl methyl sites for hydroxylation is 1. The number of anilines is 1. The van der Waals surface area contributed by atoms with Crippen molar-refractivity contribution >= 4 is 45.9 Å². The maximum Gasteiger partial charge on any atom is 0.325 e. The zero-order chi connectivity index (χ0) is 22.9. The third-order valence-corrected chi connectivity index (χ3v) is 6.66. The summed E-state index contributed by atoms with van der Waals surface area (Å²) in [6, 6.07) is 14.2. The number of nitrogens with zero attached hydrogens (tertiary/aromatic N) is 2. The van der Waals surface area contributed by atoms with Crippen LogP contribution in [0.2, 0.25) is 5.02 Å². The third-order valence-electron chi connectivity index (χ3n) is 5.34. The number of carbonyl (C=O) groups excluding carboxylic acids is 3. The Morgan fingerprint density at radius 2 is 1.97 bits per heavy atom. The molecule has 7 nitrogen and oxygen atoms in total. The fraction of sp³-hybridized carbons (Fsp3) is 0.217. The summed E-state index contributed by atoms with van der Waals surface area (Å²) in [4.78, 5) is 44.0. The maximum absolute atomic E-state index is 12.9. The molecule has 0 spiro atoms. The minimum atomic E-state index is -1.21. The number of urea groups is 1. The lowest BCUT2D eigenvalue weighted by atomic mass is 9.92. The van der Waals surface area contributed by atoms with E-state index in [4.69, 9.17) is 11.6 Å². The van der Waals surface area contributed by atoms with Crippen molar-refractivity contribution < 1.29 is 14.4 Å². The first-order valence-electron chi connectivity index (χ1n) is 9.95. The van der Waals surface area contributed by atoms with Gasteiger partial charge in [0.1, 0.15) is 12.1 Å². The number of carbonyl (C=O) groups is 3. The molecule has 1 aliphatic rings. The van der Waals surface area contributed by atoms with Crippen molar-refractivity contribution in [2.24, 2.45) is 0 Å². The fourth-order valence-corrected chi connectivity index (χ4v) is 4.57. The fourth-order valence-electron chi connectivity index (χ4n) is 3.50. The molecular weight excluding hydrogens is 448 g/mol. The lowest BCUT2D eigenvalue weighted by Crippen LogP contribution is -2.42. The summed E-state index contributed by atoms with van der Waals surface area (Å²) in [6.45, 7) is 3.18. The van der Waals surface area contributed by atoms with Gasteiger partial charge < -0.3 is 10.6 Å². The number of benzene rings is 2. The van der Waals surface area contributed by atoms with Crippen LogP contribution in [0.5, 0.6) is 0 Å². The second kappa shape index (κ2) is 8.72. The Bertz CT molecular complexity index is 1200. The van der Waals surface area contributed by atoms with Gasteiger partial charge in [0, 0.05) is 22.5 Å². The van der Waals surface area contributed by atoms with Gasteiger partial charge in [-0.25, -0.2) is 9.78 Å². The first-order valence-corrected chi connectivity index (χ1v) is 11.1. The highest BCUT2D eigenvalue weighted by molar-refractivity contribution is 7.15. The molecule has 1 unspecified atom stereocenters. The second-order valence-electron chi connectivity index (χ2n) is 7.75. The normalized spacial score (nSPS) is 18.0. The highest BCUT2D eigenvalue weighted by Gasteiger charge is 2.49. The number of thiazole rings is 1. The summed E-state index contributed by atoms with van der Waals surface area (Å²) in [7, 11) is 0. The van der Waals surface area contributed by atoms with Crippen LogP contribution < -0.4 is 10.6 Å². The molecule has 1 atom stereocenters.